The fourth-order valence-electron chi connectivity index (χ4n) is 3.40. The number of aryl methyl sites for hydroxylation is 1. The summed E-state index contributed by atoms with van der Waals surface area (Å²) in [5.41, 5.74) is 1.64. The van der Waals surface area contributed by atoms with Crippen molar-refractivity contribution < 1.29 is 14.7 Å². The molecule has 2 aromatic rings. The van der Waals surface area contributed by atoms with Crippen LogP contribution < -0.4 is 5.32 Å². The highest BCUT2D eigenvalue weighted by atomic mass is 32.1. The summed E-state index contributed by atoms with van der Waals surface area (Å²) in [6, 6.07) is 11.8. The average Bonchev–Trinajstić information content (AvgIpc) is 3.00. The van der Waals surface area contributed by atoms with Gasteiger partial charge in [0.05, 0.1) is 5.69 Å². The molecule has 0 radical (unpaired) electrons. The number of carbonyl (C=O) groups is 2. The monoisotopic (exact) mass is 359 g/mol. The van der Waals surface area contributed by atoms with E-state index < -0.39 is 6.09 Å². The minimum Gasteiger partial charge on any atom is -0.465 e. The molecule has 1 aromatic heterocycles. The summed E-state index contributed by atoms with van der Waals surface area (Å²) in [5, 5.41) is 12.9. The van der Waals surface area contributed by atoms with Crippen LogP contribution in [-0.2, 0) is 10.2 Å². The number of aromatic nitrogens is 1. The zero-order valence-electron chi connectivity index (χ0n) is 14.1. The third-order valence-electron chi connectivity index (χ3n) is 4.77. The van der Waals surface area contributed by atoms with Crippen molar-refractivity contribution in [1.82, 2.24) is 9.27 Å². The standard InChI is InChI=1S/C18H21N3O3S/c1-13-11-16(25-20-13)19-15(22)12-18(14-5-3-2-4-6-14)7-9-21(10-8-18)17(23)24/h2-6,11H,7-10,12H2,1H3,(H,19,22)(H,23,24). The maximum atomic E-state index is 12.6. The molecule has 1 fully saturated rings. The first-order valence-electron chi connectivity index (χ1n) is 8.25. The van der Waals surface area contributed by atoms with Crippen molar-refractivity contribution in [3.05, 3.63) is 47.7 Å². The van der Waals surface area contributed by atoms with Crippen LogP contribution >= 0.6 is 11.5 Å². The number of hydrogen-bond acceptors (Lipinski definition) is 4. The molecule has 1 aliphatic rings. The van der Waals surface area contributed by atoms with Gasteiger partial charge < -0.3 is 15.3 Å². The maximum absolute atomic E-state index is 12.6. The van der Waals surface area contributed by atoms with Crippen LogP contribution in [0.5, 0.6) is 0 Å². The van der Waals surface area contributed by atoms with E-state index >= 15 is 0 Å². The van der Waals surface area contributed by atoms with Crippen molar-refractivity contribution in [1.29, 1.82) is 0 Å². The lowest BCUT2D eigenvalue weighted by Gasteiger charge is -2.41. The number of piperidine rings is 1. The van der Waals surface area contributed by atoms with E-state index in [1.54, 1.807) is 0 Å². The van der Waals surface area contributed by atoms with E-state index in [1.807, 2.05) is 43.3 Å². The van der Waals surface area contributed by atoms with Crippen LogP contribution in [0.2, 0.25) is 0 Å². The average molecular weight is 359 g/mol. The molecule has 0 bridgehead atoms. The van der Waals surface area contributed by atoms with Crippen LogP contribution in [0.1, 0.15) is 30.5 Å². The number of carboxylic acid groups (broad SMARTS) is 1. The molecule has 25 heavy (non-hydrogen) atoms. The largest absolute Gasteiger partial charge is 0.465 e. The van der Waals surface area contributed by atoms with Crippen molar-refractivity contribution in [2.75, 3.05) is 18.4 Å². The normalized spacial score (nSPS) is 16.4. The molecular weight excluding hydrogens is 338 g/mol. The lowest BCUT2D eigenvalue weighted by Crippen LogP contribution is -2.46. The van der Waals surface area contributed by atoms with Crippen LogP contribution in [-0.4, -0.2) is 39.5 Å². The van der Waals surface area contributed by atoms with Crippen LogP contribution in [0, 0.1) is 6.92 Å². The van der Waals surface area contributed by atoms with E-state index in [1.165, 1.54) is 16.4 Å². The van der Waals surface area contributed by atoms with Crippen molar-refractivity contribution in [3.63, 3.8) is 0 Å². The Morgan fingerprint density at radius 3 is 2.52 bits per heavy atom. The molecule has 0 unspecified atom stereocenters. The van der Waals surface area contributed by atoms with Gasteiger partial charge in [0.25, 0.3) is 0 Å². The van der Waals surface area contributed by atoms with E-state index in [0.29, 0.717) is 32.4 Å². The first kappa shape index (κ1) is 17.4. The Kier molecular flexibility index (Phi) is 5.03. The zero-order chi connectivity index (χ0) is 17.9. The molecule has 0 saturated carbocycles. The summed E-state index contributed by atoms with van der Waals surface area (Å²) in [5.74, 6) is -0.0590. The van der Waals surface area contributed by atoms with Gasteiger partial charge in [-0.25, -0.2) is 4.79 Å². The lowest BCUT2D eigenvalue weighted by atomic mass is 9.70. The highest BCUT2D eigenvalue weighted by molar-refractivity contribution is 7.10. The Morgan fingerprint density at radius 2 is 1.96 bits per heavy atom. The number of benzene rings is 1. The lowest BCUT2D eigenvalue weighted by molar-refractivity contribution is -0.117. The fraction of sp³-hybridized carbons (Fsp3) is 0.389. The molecule has 2 amide bonds. The second-order valence-corrected chi connectivity index (χ2v) is 7.28. The quantitative estimate of drug-likeness (QED) is 0.875. The molecule has 1 aliphatic heterocycles. The Morgan fingerprint density at radius 1 is 1.28 bits per heavy atom. The summed E-state index contributed by atoms with van der Waals surface area (Å²) in [6.07, 6.45) is 0.712. The third-order valence-corrected chi connectivity index (χ3v) is 5.56. The third kappa shape index (κ3) is 3.99. The Labute approximate surface area is 150 Å². The van der Waals surface area contributed by atoms with Crippen molar-refractivity contribution >= 4 is 28.5 Å². The smallest absolute Gasteiger partial charge is 0.407 e. The fourth-order valence-corrected chi connectivity index (χ4v) is 4.07. The predicted molar refractivity (Wildman–Crippen MR) is 97.0 cm³/mol. The molecule has 3 rings (SSSR count). The minimum absolute atomic E-state index is 0.0590. The van der Waals surface area contributed by atoms with Crippen molar-refractivity contribution in [3.8, 4) is 0 Å². The van der Waals surface area contributed by atoms with Gasteiger partial charge in [0, 0.05) is 24.9 Å². The van der Waals surface area contributed by atoms with Crippen LogP contribution in [0.3, 0.4) is 0 Å². The van der Waals surface area contributed by atoms with Crippen LogP contribution in [0.4, 0.5) is 9.80 Å². The van der Waals surface area contributed by atoms with Gasteiger partial charge in [-0.15, -0.1) is 0 Å². The number of rotatable bonds is 4. The van der Waals surface area contributed by atoms with Gasteiger partial charge in [0.1, 0.15) is 5.00 Å². The van der Waals surface area contributed by atoms with Crippen molar-refractivity contribution in [2.24, 2.45) is 0 Å². The maximum Gasteiger partial charge on any atom is 0.407 e. The summed E-state index contributed by atoms with van der Waals surface area (Å²) in [4.78, 5) is 25.3. The highest BCUT2D eigenvalue weighted by Crippen LogP contribution is 2.39. The van der Waals surface area contributed by atoms with E-state index in [4.69, 9.17) is 0 Å². The molecule has 132 valence electrons. The van der Waals surface area contributed by atoms with Gasteiger partial charge in [-0.3, -0.25) is 4.79 Å². The number of nitrogens with zero attached hydrogens (tertiary/aromatic N) is 2. The first-order chi connectivity index (χ1) is 12.0. The second kappa shape index (κ2) is 7.23. The molecule has 7 heteroatoms. The Balaban J connectivity index is 1.78. The molecule has 1 saturated heterocycles. The van der Waals surface area contributed by atoms with Crippen molar-refractivity contribution in [2.45, 2.75) is 31.6 Å². The molecule has 0 aliphatic carbocycles. The van der Waals surface area contributed by atoms with Gasteiger partial charge in [-0.2, -0.15) is 4.37 Å². The summed E-state index contributed by atoms with van der Waals surface area (Å²) in [7, 11) is 0. The number of hydrogen-bond donors (Lipinski definition) is 2. The number of likely N-dealkylation sites (tertiary alicyclic amines) is 1. The zero-order valence-corrected chi connectivity index (χ0v) is 14.9. The molecule has 2 N–H and O–H groups in total. The first-order valence-corrected chi connectivity index (χ1v) is 9.02. The topological polar surface area (TPSA) is 82.5 Å². The molecule has 0 spiro atoms. The molecule has 1 aromatic carbocycles. The number of amides is 2. The minimum atomic E-state index is -0.897. The molecular formula is C18H21N3O3S. The molecule has 0 atom stereocenters. The van der Waals surface area contributed by atoms with Crippen LogP contribution in [0.25, 0.3) is 0 Å². The number of anilines is 1. The molecule has 2 heterocycles. The summed E-state index contributed by atoms with van der Waals surface area (Å²) in [6.45, 7) is 2.77. The van der Waals surface area contributed by atoms with Gasteiger partial charge in [-0.05, 0) is 42.9 Å². The summed E-state index contributed by atoms with van der Waals surface area (Å²) < 4.78 is 4.18. The predicted octanol–water partition coefficient (Wildman–Crippen LogP) is 3.49. The van der Waals surface area contributed by atoms with E-state index in [0.717, 1.165) is 16.3 Å². The Hall–Kier alpha value is -2.41. The number of carbonyl (C=O) groups excluding carboxylic acids is 1. The SMILES string of the molecule is Cc1cc(NC(=O)CC2(c3ccccc3)CCN(C(=O)O)CC2)sn1. The van der Waals surface area contributed by atoms with Gasteiger partial charge in [-0.1, -0.05) is 30.3 Å². The van der Waals surface area contributed by atoms with E-state index in [-0.39, 0.29) is 11.3 Å². The summed E-state index contributed by atoms with van der Waals surface area (Å²) >= 11 is 1.27. The van der Waals surface area contributed by atoms with Gasteiger partial charge in [0.2, 0.25) is 5.91 Å². The highest BCUT2D eigenvalue weighted by Gasteiger charge is 2.39. The van der Waals surface area contributed by atoms with Gasteiger partial charge in [0.15, 0.2) is 0 Å². The Bertz CT molecular complexity index is 752. The van der Waals surface area contributed by atoms with E-state index in [2.05, 4.69) is 9.69 Å². The van der Waals surface area contributed by atoms with Gasteiger partial charge >= 0.3 is 6.09 Å². The number of nitrogens with one attached hydrogen (secondary N) is 1. The van der Waals surface area contributed by atoms with E-state index in [9.17, 15) is 14.7 Å². The van der Waals surface area contributed by atoms with Crippen LogP contribution in [0.15, 0.2) is 36.4 Å². The second-order valence-electron chi connectivity index (χ2n) is 6.47. The molecule has 6 nitrogen and oxygen atoms in total.